The van der Waals surface area contributed by atoms with Gasteiger partial charge in [0, 0.05) is 5.56 Å². The summed E-state index contributed by atoms with van der Waals surface area (Å²) in [5.41, 5.74) is 5.25. The Labute approximate surface area is 165 Å². The average molecular weight is 391 g/mol. The van der Waals surface area contributed by atoms with Crippen LogP contribution in [0.1, 0.15) is 23.0 Å². The zero-order valence-corrected chi connectivity index (χ0v) is 15.9. The molecular weight excluding hydrogens is 374 g/mol. The summed E-state index contributed by atoms with van der Waals surface area (Å²) in [6.45, 7) is 2.14. The van der Waals surface area contributed by atoms with E-state index in [-0.39, 0.29) is 5.97 Å². The van der Waals surface area contributed by atoms with Crippen LogP contribution >= 0.6 is 11.3 Å². The third kappa shape index (κ3) is 3.94. The number of benzene rings is 2. The van der Waals surface area contributed by atoms with Crippen molar-refractivity contribution in [3.8, 4) is 11.3 Å². The molecule has 0 unspecified atom stereocenters. The van der Waals surface area contributed by atoms with Crippen LogP contribution in [0.3, 0.4) is 0 Å². The predicted octanol–water partition coefficient (Wildman–Crippen LogP) is 5.18. The standard InChI is InChI=1S/C21H17N3O3S/c1-2-26-20(25)15-9-7-14(8-10-15)18-12-11-16(27-18)13-22-24-21-23-17-5-3-4-6-19(17)28-21/h3-13H,2H2,1H3,(H,23,24)/b22-13-. The number of thiazole rings is 1. The van der Waals surface area contributed by atoms with Gasteiger partial charge in [0.25, 0.3) is 0 Å². The quantitative estimate of drug-likeness (QED) is 0.278. The van der Waals surface area contributed by atoms with E-state index >= 15 is 0 Å². The molecule has 0 fully saturated rings. The van der Waals surface area contributed by atoms with E-state index in [0.717, 1.165) is 20.9 Å². The van der Waals surface area contributed by atoms with E-state index in [4.69, 9.17) is 9.15 Å². The molecule has 0 saturated heterocycles. The van der Waals surface area contributed by atoms with Gasteiger partial charge in [0.05, 0.1) is 28.6 Å². The average Bonchev–Trinajstić information content (AvgIpc) is 3.35. The van der Waals surface area contributed by atoms with Crippen molar-refractivity contribution >= 4 is 38.9 Å². The maximum atomic E-state index is 11.7. The third-order valence-electron chi connectivity index (χ3n) is 3.95. The maximum absolute atomic E-state index is 11.7. The molecule has 0 amide bonds. The number of hydrogen-bond donors (Lipinski definition) is 1. The first-order valence-electron chi connectivity index (χ1n) is 8.75. The number of fused-ring (bicyclic) bond motifs is 1. The molecule has 0 radical (unpaired) electrons. The number of rotatable bonds is 6. The molecule has 7 heteroatoms. The number of anilines is 1. The van der Waals surface area contributed by atoms with Gasteiger partial charge in [-0.1, -0.05) is 35.6 Å². The Balaban J connectivity index is 1.42. The summed E-state index contributed by atoms with van der Waals surface area (Å²) in [7, 11) is 0. The van der Waals surface area contributed by atoms with Crippen molar-refractivity contribution in [3.05, 3.63) is 72.0 Å². The minimum absolute atomic E-state index is 0.331. The number of nitrogens with one attached hydrogen (secondary N) is 1. The fraction of sp³-hybridized carbons (Fsp3) is 0.0952. The van der Waals surface area contributed by atoms with Gasteiger partial charge in [0.1, 0.15) is 11.5 Å². The highest BCUT2D eigenvalue weighted by atomic mass is 32.1. The van der Waals surface area contributed by atoms with E-state index in [1.165, 1.54) is 11.3 Å². The third-order valence-corrected chi connectivity index (χ3v) is 4.89. The Morgan fingerprint density at radius 2 is 2.00 bits per heavy atom. The summed E-state index contributed by atoms with van der Waals surface area (Å²) in [5, 5.41) is 4.91. The number of hydrazone groups is 1. The predicted molar refractivity (Wildman–Crippen MR) is 111 cm³/mol. The van der Waals surface area contributed by atoms with Crippen LogP contribution in [0.15, 0.2) is 70.2 Å². The summed E-state index contributed by atoms with van der Waals surface area (Å²) in [6, 6.07) is 18.7. The van der Waals surface area contributed by atoms with Crippen LogP contribution in [0.25, 0.3) is 21.5 Å². The first-order valence-corrected chi connectivity index (χ1v) is 9.56. The lowest BCUT2D eigenvalue weighted by atomic mass is 10.1. The molecule has 6 nitrogen and oxygen atoms in total. The fourth-order valence-corrected chi connectivity index (χ4v) is 3.45. The molecule has 2 aromatic carbocycles. The van der Waals surface area contributed by atoms with E-state index in [1.807, 2.05) is 48.5 Å². The Kier molecular flexibility index (Phi) is 5.16. The topological polar surface area (TPSA) is 76.7 Å². The fourth-order valence-electron chi connectivity index (χ4n) is 2.63. The van der Waals surface area contributed by atoms with E-state index in [0.29, 0.717) is 23.7 Å². The molecular formula is C21H17N3O3S. The van der Waals surface area contributed by atoms with Crippen molar-refractivity contribution in [2.75, 3.05) is 12.0 Å². The Morgan fingerprint density at radius 1 is 1.18 bits per heavy atom. The van der Waals surface area contributed by atoms with Crippen LogP contribution < -0.4 is 5.43 Å². The zero-order chi connectivity index (χ0) is 19.3. The summed E-state index contributed by atoms with van der Waals surface area (Å²) in [6.07, 6.45) is 1.60. The lowest BCUT2D eigenvalue weighted by Gasteiger charge is -2.02. The number of aromatic nitrogens is 1. The van der Waals surface area contributed by atoms with Crippen LogP contribution in [0.4, 0.5) is 5.13 Å². The van der Waals surface area contributed by atoms with Gasteiger partial charge in [-0.05, 0) is 43.3 Å². The van der Waals surface area contributed by atoms with Crippen molar-refractivity contribution in [1.29, 1.82) is 0 Å². The van der Waals surface area contributed by atoms with Gasteiger partial charge in [-0.25, -0.2) is 9.78 Å². The first kappa shape index (κ1) is 17.9. The Hall–Kier alpha value is -3.45. The molecule has 0 aliphatic rings. The van der Waals surface area contributed by atoms with Gasteiger partial charge < -0.3 is 9.15 Å². The molecule has 4 rings (SSSR count). The van der Waals surface area contributed by atoms with Crippen LogP contribution in [-0.2, 0) is 4.74 Å². The van der Waals surface area contributed by atoms with Crippen LogP contribution in [0.5, 0.6) is 0 Å². The van der Waals surface area contributed by atoms with E-state index in [2.05, 4.69) is 15.5 Å². The number of furan rings is 1. The SMILES string of the molecule is CCOC(=O)c1ccc(-c2ccc(/C=N\Nc3nc4ccccc4s3)o2)cc1. The lowest BCUT2D eigenvalue weighted by molar-refractivity contribution is 0.0526. The van der Waals surface area contributed by atoms with Crippen molar-refractivity contribution in [1.82, 2.24) is 4.98 Å². The molecule has 28 heavy (non-hydrogen) atoms. The van der Waals surface area contributed by atoms with Gasteiger partial charge >= 0.3 is 5.97 Å². The van der Waals surface area contributed by atoms with Crippen molar-refractivity contribution in [2.24, 2.45) is 5.10 Å². The van der Waals surface area contributed by atoms with E-state index in [1.54, 1.807) is 25.3 Å². The largest absolute Gasteiger partial charge is 0.462 e. The van der Waals surface area contributed by atoms with Crippen molar-refractivity contribution < 1.29 is 13.9 Å². The molecule has 0 aliphatic heterocycles. The van der Waals surface area contributed by atoms with Crippen LogP contribution in [0.2, 0.25) is 0 Å². The van der Waals surface area contributed by atoms with Crippen LogP contribution in [0, 0.1) is 0 Å². The number of esters is 1. The van der Waals surface area contributed by atoms with Gasteiger partial charge in [0.15, 0.2) is 0 Å². The highest BCUT2D eigenvalue weighted by molar-refractivity contribution is 7.22. The number of carbonyl (C=O) groups excluding carboxylic acids is 1. The first-order chi connectivity index (χ1) is 13.7. The summed E-state index contributed by atoms with van der Waals surface area (Å²) >= 11 is 1.54. The Bertz CT molecular complexity index is 1100. The number of nitrogens with zero attached hydrogens (tertiary/aromatic N) is 2. The van der Waals surface area contributed by atoms with Gasteiger partial charge in [0.2, 0.25) is 5.13 Å². The lowest BCUT2D eigenvalue weighted by Crippen LogP contribution is -2.03. The molecule has 2 heterocycles. The minimum Gasteiger partial charge on any atom is -0.462 e. The van der Waals surface area contributed by atoms with E-state index in [9.17, 15) is 4.79 Å². The van der Waals surface area contributed by atoms with Crippen LogP contribution in [-0.4, -0.2) is 23.8 Å². The minimum atomic E-state index is -0.331. The van der Waals surface area contributed by atoms with Gasteiger partial charge in [-0.2, -0.15) is 5.10 Å². The molecule has 4 aromatic rings. The highest BCUT2D eigenvalue weighted by Crippen LogP contribution is 2.25. The molecule has 1 N–H and O–H groups in total. The van der Waals surface area contributed by atoms with E-state index < -0.39 is 0 Å². The number of para-hydroxylation sites is 1. The molecule has 0 spiro atoms. The van der Waals surface area contributed by atoms with Crippen molar-refractivity contribution in [3.63, 3.8) is 0 Å². The second-order valence-electron chi connectivity index (χ2n) is 5.86. The molecule has 2 aromatic heterocycles. The van der Waals surface area contributed by atoms with Gasteiger partial charge in [-0.15, -0.1) is 0 Å². The summed E-state index contributed by atoms with van der Waals surface area (Å²) in [5.74, 6) is 0.970. The number of hydrogen-bond acceptors (Lipinski definition) is 7. The maximum Gasteiger partial charge on any atom is 0.338 e. The molecule has 140 valence electrons. The smallest absolute Gasteiger partial charge is 0.338 e. The number of ether oxygens (including phenoxy) is 1. The Morgan fingerprint density at radius 3 is 2.79 bits per heavy atom. The highest BCUT2D eigenvalue weighted by Gasteiger charge is 2.08. The summed E-state index contributed by atoms with van der Waals surface area (Å²) in [4.78, 5) is 16.2. The molecule has 0 atom stereocenters. The zero-order valence-electron chi connectivity index (χ0n) is 15.1. The number of carbonyl (C=O) groups is 1. The van der Waals surface area contributed by atoms with Crippen molar-refractivity contribution in [2.45, 2.75) is 6.92 Å². The monoisotopic (exact) mass is 391 g/mol. The normalized spacial score (nSPS) is 11.2. The molecule has 0 bridgehead atoms. The van der Waals surface area contributed by atoms with Gasteiger partial charge in [-0.3, -0.25) is 5.43 Å². The molecule has 0 saturated carbocycles. The molecule has 0 aliphatic carbocycles. The second kappa shape index (κ2) is 8.06. The summed E-state index contributed by atoms with van der Waals surface area (Å²) < 4.78 is 11.9. The second-order valence-corrected chi connectivity index (χ2v) is 6.89.